The van der Waals surface area contributed by atoms with Crippen LogP contribution < -0.4 is 0 Å². The van der Waals surface area contributed by atoms with Crippen LogP contribution in [0, 0.1) is 19.9 Å². The molecular formula is C55H38IrN3-. The molecule has 0 aliphatic heterocycles. The molecule has 0 aliphatic rings. The van der Waals surface area contributed by atoms with Crippen molar-refractivity contribution < 1.29 is 20.1 Å². The third-order valence-electron chi connectivity index (χ3n) is 11.7. The summed E-state index contributed by atoms with van der Waals surface area (Å²) in [4.78, 5) is 4.89. The number of aromatic nitrogens is 3. The van der Waals surface area contributed by atoms with Gasteiger partial charge in [0.2, 0.25) is 0 Å². The predicted octanol–water partition coefficient (Wildman–Crippen LogP) is 14.4. The summed E-state index contributed by atoms with van der Waals surface area (Å²) >= 11 is 0. The van der Waals surface area contributed by atoms with Crippen LogP contribution in [0.3, 0.4) is 0 Å². The minimum Gasteiger partial charge on any atom is -0.309 e. The van der Waals surface area contributed by atoms with Crippen LogP contribution in [0.5, 0.6) is 0 Å². The average Bonchev–Trinajstić information content (AvgIpc) is 3.78. The van der Waals surface area contributed by atoms with Crippen molar-refractivity contribution in [3.05, 3.63) is 211 Å². The Bertz CT molecular complexity index is 3340. The number of fused-ring (bicyclic) bond motifs is 6. The standard InChI is InChI=1S/C55H38N3.Ir/c1-36-23-24-37(2)47(29-36)43-25-27-51(56-35-43)42-16-12-15-40(31-42)38-13-11-14-39(30-38)41-26-28-53-48(32-41)50-33-49-46-21-9-10-22-52(46)57(44-17-5-3-6-18-44)54(49)34-55(50)58(53)45-19-7-4-8-20-45;/h3-15,17-35H,1-2H3;/q-1;. The predicted molar refractivity (Wildman–Crippen MR) is 243 cm³/mol. The molecule has 0 amide bonds. The van der Waals surface area contributed by atoms with Gasteiger partial charge in [0, 0.05) is 59.2 Å². The Balaban J connectivity index is 0.00000420. The molecule has 3 heterocycles. The zero-order valence-electron chi connectivity index (χ0n) is 32.7. The molecule has 0 fully saturated rings. The van der Waals surface area contributed by atoms with Crippen molar-refractivity contribution in [2.24, 2.45) is 0 Å². The van der Waals surface area contributed by atoms with Crippen molar-refractivity contribution in [3.63, 3.8) is 0 Å². The van der Waals surface area contributed by atoms with E-state index in [2.05, 4.69) is 211 Å². The molecule has 0 saturated heterocycles. The first-order valence-electron chi connectivity index (χ1n) is 19.9. The number of benzene rings is 8. The van der Waals surface area contributed by atoms with Crippen LogP contribution in [-0.4, -0.2) is 14.1 Å². The molecule has 0 N–H and O–H groups in total. The maximum absolute atomic E-state index is 4.89. The van der Waals surface area contributed by atoms with Crippen molar-refractivity contribution >= 4 is 43.6 Å². The molecule has 0 saturated carbocycles. The summed E-state index contributed by atoms with van der Waals surface area (Å²) in [5.41, 5.74) is 18.4. The summed E-state index contributed by atoms with van der Waals surface area (Å²) in [6, 6.07) is 71.5. The second-order valence-electron chi connectivity index (χ2n) is 15.3. The van der Waals surface area contributed by atoms with Crippen molar-refractivity contribution in [2.75, 3.05) is 0 Å². The van der Waals surface area contributed by atoms with Gasteiger partial charge in [0.15, 0.2) is 0 Å². The smallest absolute Gasteiger partial charge is 0.0562 e. The van der Waals surface area contributed by atoms with Crippen LogP contribution in [0.2, 0.25) is 0 Å². The van der Waals surface area contributed by atoms with E-state index < -0.39 is 0 Å². The minimum absolute atomic E-state index is 0. The van der Waals surface area contributed by atoms with Gasteiger partial charge in [-0.25, -0.2) is 0 Å². The van der Waals surface area contributed by atoms with Gasteiger partial charge >= 0.3 is 0 Å². The SMILES string of the molecule is Cc1ccc(C)c(-c2ccc(-c3[c-]ccc(-c4cccc(-c5ccc6c(c5)c5cc7c8ccccc8n(-c8ccccc8)c7cc5n6-c5ccccc5)c4)c3)nc2)c1.[Ir]. The number of pyridine rings is 1. The number of hydrogen-bond acceptors (Lipinski definition) is 1. The fourth-order valence-corrected chi connectivity index (χ4v) is 8.80. The molecule has 11 aromatic rings. The van der Waals surface area contributed by atoms with Crippen LogP contribution in [0.15, 0.2) is 194 Å². The van der Waals surface area contributed by atoms with Crippen LogP contribution in [0.25, 0.3) is 99.6 Å². The summed E-state index contributed by atoms with van der Waals surface area (Å²) in [6.07, 6.45) is 1.98. The van der Waals surface area contributed by atoms with Crippen molar-refractivity contribution in [1.29, 1.82) is 0 Å². The zero-order valence-corrected chi connectivity index (χ0v) is 35.0. The van der Waals surface area contributed by atoms with Gasteiger partial charge < -0.3 is 14.1 Å². The molecule has 3 nitrogen and oxygen atoms in total. The Morgan fingerprint density at radius 3 is 1.75 bits per heavy atom. The zero-order chi connectivity index (χ0) is 38.7. The Kier molecular flexibility index (Phi) is 9.17. The Morgan fingerprint density at radius 1 is 0.424 bits per heavy atom. The molecule has 0 aliphatic carbocycles. The van der Waals surface area contributed by atoms with Gasteiger partial charge in [-0.2, -0.15) is 0 Å². The first-order chi connectivity index (χ1) is 28.6. The fraction of sp³-hybridized carbons (Fsp3) is 0.0364. The van der Waals surface area contributed by atoms with E-state index >= 15 is 0 Å². The summed E-state index contributed by atoms with van der Waals surface area (Å²) in [6.45, 7) is 4.28. The van der Waals surface area contributed by atoms with Gasteiger partial charge in [-0.3, -0.25) is 0 Å². The molecule has 283 valence electrons. The maximum atomic E-state index is 4.89. The molecule has 11 rings (SSSR count). The quantitative estimate of drug-likeness (QED) is 0.152. The summed E-state index contributed by atoms with van der Waals surface area (Å²) in [5.74, 6) is 0. The van der Waals surface area contributed by atoms with E-state index in [4.69, 9.17) is 4.98 Å². The second kappa shape index (κ2) is 14.8. The molecule has 8 aromatic carbocycles. The fourth-order valence-electron chi connectivity index (χ4n) is 8.80. The van der Waals surface area contributed by atoms with E-state index in [0.717, 1.165) is 39.3 Å². The first-order valence-corrected chi connectivity index (χ1v) is 19.9. The maximum Gasteiger partial charge on any atom is 0.0562 e. The number of rotatable bonds is 6. The molecule has 0 spiro atoms. The van der Waals surface area contributed by atoms with Gasteiger partial charge in [-0.05, 0) is 114 Å². The first kappa shape index (κ1) is 36.5. The second-order valence-corrected chi connectivity index (χ2v) is 15.3. The Morgan fingerprint density at radius 2 is 1.03 bits per heavy atom. The average molecular weight is 933 g/mol. The van der Waals surface area contributed by atoms with Crippen LogP contribution in [0.1, 0.15) is 11.1 Å². The molecular weight excluding hydrogens is 895 g/mol. The van der Waals surface area contributed by atoms with Gasteiger partial charge in [0.1, 0.15) is 0 Å². The van der Waals surface area contributed by atoms with Crippen LogP contribution in [-0.2, 0) is 20.1 Å². The molecule has 59 heavy (non-hydrogen) atoms. The van der Waals surface area contributed by atoms with E-state index in [1.165, 1.54) is 71.4 Å². The summed E-state index contributed by atoms with van der Waals surface area (Å²) < 4.78 is 4.82. The third-order valence-corrected chi connectivity index (χ3v) is 11.7. The van der Waals surface area contributed by atoms with Gasteiger partial charge in [-0.1, -0.05) is 115 Å². The number of aryl methyl sites for hydroxylation is 2. The van der Waals surface area contributed by atoms with Crippen molar-refractivity contribution in [3.8, 4) is 56.0 Å². The number of para-hydroxylation sites is 3. The van der Waals surface area contributed by atoms with Gasteiger partial charge in [-0.15, -0.1) is 35.4 Å². The van der Waals surface area contributed by atoms with Crippen LogP contribution >= 0.6 is 0 Å². The monoisotopic (exact) mass is 933 g/mol. The molecule has 0 bridgehead atoms. The van der Waals surface area contributed by atoms with Crippen molar-refractivity contribution in [2.45, 2.75) is 13.8 Å². The number of hydrogen-bond donors (Lipinski definition) is 0. The van der Waals surface area contributed by atoms with E-state index in [-0.39, 0.29) is 20.1 Å². The normalized spacial score (nSPS) is 11.4. The van der Waals surface area contributed by atoms with E-state index in [1.54, 1.807) is 0 Å². The van der Waals surface area contributed by atoms with Crippen molar-refractivity contribution in [1.82, 2.24) is 14.1 Å². The summed E-state index contributed by atoms with van der Waals surface area (Å²) in [5, 5.41) is 4.96. The Hall–Kier alpha value is -6.84. The summed E-state index contributed by atoms with van der Waals surface area (Å²) in [7, 11) is 0. The van der Waals surface area contributed by atoms with Gasteiger partial charge in [0.05, 0.1) is 22.1 Å². The Labute approximate surface area is 357 Å². The molecule has 0 unspecified atom stereocenters. The van der Waals surface area contributed by atoms with Crippen LogP contribution in [0.4, 0.5) is 0 Å². The molecule has 4 heteroatoms. The molecule has 0 atom stereocenters. The topological polar surface area (TPSA) is 22.8 Å². The third kappa shape index (κ3) is 6.29. The number of nitrogens with zero attached hydrogens (tertiary/aromatic N) is 3. The molecule has 3 aromatic heterocycles. The molecule has 1 radical (unpaired) electrons. The van der Waals surface area contributed by atoms with Gasteiger partial charge in [0.25, 0.3) is 0 Å². The minimum atomic E-state index is 0. The van der Waals surface area contributed by atoms with E-state index in [9.17, 15) is 0 Å². The van der Waals surface area contributed by atoms with E-state index in [0.29, 0.717) is 0 Å². The largest absolute Gasteiger partial charge is 0.309 e. The van der Waals surface area contributed by atoms with E-state index in [1.807, 2.05) is 12.3 Å².